The Morgan fingerprint density at radius 1 is 0.690 bits per heavy atom. The van der Waals surface area contributed by atoms with Gasteiger partial charge in [0, 0.05) is 6.42 Å². The lowest BCUT2D eigenvalue weighted by atomic mass is 10.2. The van der Waals surface area contributed by atoms with Gasteiger partial charge in [0.25, 0.3) is 0 Å². The molecular formula is C25H37NO3. The van der Waals surface area contributed by atoms with E-state index in [0.29, 0.717) is 12.8 Å². The first-order chi connectivity index (χ1) is 14.2. The molecule has 0 aliphatic rings. The summed E-state index contributed by atoms with van der Waals surface area (Å²) in [4.78, 5) is 22.4. The van der Waals surface area contributed by atoms with Gasteiger partial charge < -0.3 is 10.1 Å². The molecule has 0 aromatic heterocycles. The molecule has 0 aliphatic heterocycles. The van der Waals surface area contributed by atoms with Crippen LogP contribution >= 0.6 is 0 Å². The molecule has 29 heavy (non-hydrogen) atoms. The number of nitrogens with one attached hydrogen (secondary N) is 1. The van der Waals surface area contributed by atoms with Gasteiger partial charge in [0.15, 0.2) is 0 Å². The zero-order valence-electron chi connectivity index (χ0n) is 18.0. The highest BCUT2D eigenvalue weighted by molar-refractivity contribution is 5.81. The van der Waals surface area contributed by atoms with Crippen LogP contribution in [0.1, 0.15) is 58.3 Å². The SMILES string of the molecule is CC/C=C\C/C=C\C/C=C\C/C=C\C/C=C\C/C=C\CCC(=O)NCC(=O)OC. The molecule has 0 fully saturated rings. The number of esters is 1. The van der Waals surface area contributed by atoms with Crippen LogP contribution in [-0.4, -0.2) is 25.5 Å². The number of carbonyl (C=O) groups excluding carboxylic acids is 2. The average molecular weight is 400 g/mol. The second-order valence-corrected chi connectivity index (χ2v) is 6.31. The Morgan fingerprint density at radius 2 is 1.10 bits per heavy atom. The van der Waals surface area contributed by atoms with E-state index in [-0.39, 0.29) is 12.5 Å². The van der Waals surface area contributed by atoms with Crippen LogP contribution in [0, 0.1) is 0 Å². The molecule has 1 N–H and O–H groups in total. The molecule has 4 nitrogen and oxygen atoms in total. The van der Waals surface area contributed by atoms with Crippen molar-refractivity contribution in [1.82, 2.24) is 5.32 Å². The molecule has 0 aromatic rings. The Bertz CT molecular complexity index is 595. The van der Waals surface area contributed by atoms with Crippen molar-refractivity contribution < 1.29 is 14.3 Å². The van der Waals surface area contributed by atoms with Crippen molar-refractivity contribution in [3.8, 4) is 0 Å². The number of allylic oxidation sites excluding steroid dienone is 12. The average Bonchev–Trinajstić information content (AvgIpc) is 2.73. The van der Waals surface area contributed by atoms with Gasteiger partial charge in [-0.05, 0) is 44.9 Å². The van der Waals surface area contributed by atoms with Crippen LogP contribution in [0.5, 0.6) is 0 Å². The first-order valence-corrected chi connectivity index (χ1v) is 10.4. The van der Waals surface area contributed by atoms with Crippen LogP contribution in [0.2, 0.25) is 0 Å². The number of amides is 1. The van der Waals surface area contributed by atoms with Crippen molar-refractivity contribution in [2.75, 3.05) is 13.7 Å². The fourth-order valence-electron chi connectivity index (χ4n) is 2.19. The van der Waals surface area contributed by atoms with Gasteiger partial charge in [-0.3, -0.25) is 9.59 Å². The van der Waals surface area contributed by atoms with E-state index in [9.17, 15) is 9.59 Å². The number of hydrogen-bond donors (Lipinski definition) is 1. The largest absolute Gasteiger partial charge is 0.468 e. The molecule has 0 aromatic carbocycles. The van der Waals surface area contributed by atoms with Crippen LogP contribution < -0.4 is 5.32 Å². The van der Waals surface area contributed by atoms with Crippen LogP contribution in [0.3, 0.4) is 0 Å². The Morgan fingerprint density at radius 3 is 1.52 bits per heavy atom. The second kappa shape index (κ2) is 21.7. The standard InChI is InChI=1S/C25H37NO3/c1-3-4-5-6-7-8-9-10-11-12-13-14-15-16-17-18-19-20-21-22-24(27)26-23-25(28)29-2/h4-5,7-8,10-11,13-14,16-17,19-20H,3,6,9,12,15,18,21-23H2,1-2H3,(H,26,27)/b5-4-,8-7-,11-10-,14-13-,17-16-,20-19-. The highest BCUT2D eigenvalue weighted by Crippen LogP contribution is 1.97. The maximum absolute atomic E-state index is 11.5. The first kappa shape index (κ1) is 26.4. The van der Waals surface area contributed by atoms with Crippen LogP contribution in [0.4, 0.5) is 0 Å². The molecule has 0 radical (unpaired) electrons. The van der Waals surface area contributed by atoms with Gasteiger partial charge in [0.2, 0.25) is 5.91 Å². The molecule has 1 amide bonds. The molecule has 0 rings (SSSR count). The molecule has 0 saturated heterocycles. The minimum Gasteiger partial charge on any atom is -0.468 e. The lowest BCUT2D eigenvalue weighted by molar-refractivity contribution is -0.141. The highest BCUT2D eigenvalue weighted by atomic mass is 16.5. The van der Waals surface area contributed by atoms with Crippen molar-refractivity contribution in [2.24, 2.45) is 0 Å². The molecule has 0 atom stereocenters. The molecule has 0 heterocycles. The minimum absolute atomic E-state index is 0.0704. The van der Waals surface area contributed by atoms with Crippen LogP contribution in [0.15, 0.2) is 72.9 Å². The lowest BCUT2D eigenvalue weighted by Gasteiger charge is -2.01. The van der Waals surface area contributed by atoms with E-state index in [1.165, 1.54) is 7.11 Å². The van der Waals surface area contributed by atoms with Gasteiger partial charge in [-0.15, -0.1) is 0 Å². The molecule has 0 saturated carbocycles. The summed E-state index contributed by atoms with van der Waals surface area (Å²) in [7, 11) is 1.30. The van der Waals surface area contributed by atoms with E-state index >= 15 is 0 Å². The lowest BCUT2D eigenvalue weighted by Crippen LogP contribution is -2.29. The maximum atomic E-state index is 11.5. The van der Waals surface area contributed by atoms with Gasteiger partial charge in [-0.1, -0.05) is 79.8 Å². The fraction of sp³-hybridized carbons (Fsp3) is 0.440. The van der Waals surface area contributed by atoms with Crippen molar-refractivity contribution in [1.29, 1.82) is 0 Å². The summed E-state index contributed by atoms with van der Waals surface area (Å²) >= 11 is 0. The van der Waals surface area contributed by atoms with E-state index in [1.807, 2.05) is 12.2 Å². The Labute approximate surface area is 176 Å². The smallest absolute Gasteiger partial charge is 0.325 e. The molecule has 160 valence electrons. The van der Waals surface area contributed by atoms with E-state index in [0.717, 1.165) is 38.5 Å². The number of carbonyl (C=O) groups is 2. The number of ether oxygens (including phenoxy) is 1. The molecule has 0 aliphatic carbocycles. The summed E-state index contributed by atoms with van der Waals surface area (Å²) in [6.07, 6.45) is 32.7. The summed E-state index contributed by atoms with van der Waals surface area (Å²) in [5.41, 5.74) is 0. The first-order valence-electron chi connectivity index (χ1n) is 10.4. The Balaban J connectivity index is 3.59. The topological polar surface area (TPSA) is 55.4 Å². The molecule has 0 unspecified atom stereocenters. The minimum atomic E-state index is -0.438. The van der Waals surface area contributed by atoms with Crippen molar-refractivity contribution in [3.05, 3.63) is 72.9 Å². The third kappa shape index (κ3) is 21.5. The van der Waals surface area contributed by atoms with Crippen molar-refractivity contribution in [2.45, 2.75) is 58.3 Å². The third-order valence-corrected chi connectivity index (χ3v) is 3.79. The molecule has 0 bridgehead atoms. The summed E-state index contributed by atoms with van der Waals surface area (Å²) in [6, 6.07) is 0. The van der Waals surface area contributed by atoms with E-state index in [2.05, 4.69) is 77.7 Å². The summed E-state index contributed by atoms with van der Waals surface area (Å²) in [5.74, 6) is -0.581. The number of rotatable bonds is 16. The zero-order chi connectivity index (χ0) is 21.4. The van der Waals surface area contributed by atoms with Crippen LogP contribution in [-0.2, 0) is 14.3 Å². The quantitative estimate of drug-likeness (QED) is 0.265. The van der Waals surface area contributed by atoms with Crippen molar-refractivity contribution in [3.63, 3.8) is 0 Å². The zero-order valence-corrected chi connectivity index (χ0v) is 18.0. The van der Waals surface area contributed by atoms with Gasteiger partial charge >= 0.3 is 5.97 Å². The monoisotopic (exact) mass is 399 g/mol. The number of methoxy groups -OCH3 is 1. The van der Waals surface area contributed by atoms with Crippen LogP contribution in [0.25, 0.3) is 0 Å². The molecule has 0 spiro atoms. The Hall–Kier alpha value is -2.62. The summed E-state index contributed by atoms with van der Waals surface area (Å²) in [5, 5.41) is 2.51. The molecule has 4 heteroatoms. The maximum Gasteiger partial charge on any atom is 0.325 e. The normalized spacial score (nSPS) is 12.5. The number of hydrogen-bond acceptors (Lipinski definition) is 3. The van der Waals surface area contributed by atoms with Gasteiger partial charge in [0.1, 0.15) is 6.54 Å². The fourth-order valence-corrected chi connectivity index (χ4v) is 2.19. The van der Waals surface area contributed by atoms with Crippen molar-refractivity contribution >= 4 is 11.9 Å². The van der Waals surface area contributed by atoms with E-state index in [4.69, 9.17) is 0 Å². The third-order valence-electron chi connectivity index (χ3n) is 3.79. The van der Waals surface area contributed by atoms with E-state index in [1.54, 1.807) is 0 Å². The molecular weight excluding hydrogens is 362 g/mol. The Kier molecular flexibility index (Phi) is 19.7. The van der Waals surface area contributed by atoms with Gasteiger partial charge in [0.05, 0.1) is 7.11 Å². The predicted molar refractivity (Wildman–Crippen MR) is 122 cm³/mol. The van der Waals surface area contributed by atoms with Gasteiger partial charge in [-0.25, -0.2) is 0 Å². The summed E-state index contributed by atoms with van der Waals surface area (Å²) in [6.45, 7) is 2.08. The van der Waals surface area contributed by atoms with E-state index < -0.39 is 5.97 Å². The second-order valence-electron chi connectivity index (χ2n) is 6.31. The summed E-state index contributed by atoms with van der Waals surface area (Å²) < 4.78 is 4.46. The predicted octanol–water partition coefficient (Wildman–Crippen LogP) is 5.75. The highest BCUT2D eigenvalue weighted by Gasteiger charge is 2.03. The van der Waals surface area contributed by atoms with Gasteiger partial charge in [-0.2, -0.15) is 0 Å².